The van der Waals surface area contributed by atoms with E-state index in [1.165, 1.54) is 29.6 Å². The number of ether oxygens (including phenoxy) is 2. The molecule has 0 saturated heterocycles. The number of hydrogen-bond acceptors (Lipinski definition) is 6. The molecule has 0 aliphatic heterocycles. The van der Waals surface area contributed by atoms with Crippen molar-refractivity contribution in [1.82, 2.24) is 0 Å². The summed E-state index contributed by atoms with van der Waals surface area (Å²) >= 11 is 0.814. The van der Waals surface area contributed by atoms with Gasteiger partial charge in [-0.1, -0.05) is 12.1 Å². The topological polar surface area (TPSA) is 95.7 Å². The van der Waals surface area contributed by atoms with E-state index in [9.17, 15) is 22.0 Å². The highest BCUT2D eigenvalue weighted by Crippen LogP contribution is 2.24. The Hall–Kier alpha value is -2.04. The van der Waals surface area contributed by atoms with Crippen molar-refractivity contribution in [2.24, 2.45) is 5.14 Å². The van der Waals surface area contributed by atoms with Gasteiger partial charge in [0.05, 0.1) is 5.56 Å². The molecule has 10 heteroatoms. The van der Waals surface area contributed by atoms with E-state index >= 15 is 0 Å². The normalized spacial score (nSPS) is 12.9. The predicted molar refractivity (Wildman–Crippen MR) is 82.6 cm³/mol. The van der Waals surface area contributed by atoms with E-state index in [2.05, 4.69) is 4.74 Å². The van der Waals surface area contributed by atoms with Crippen molar-refractivity contribution in [2.75, 3.05) is 0 Å². The molecule has 24 heavy (non-hydrogen) atoms. The molecule has 1 aromatic carbocycles. The summed E-state index contributed by atoms with van der Waals surface area (Å²) in [4.78, 5) is 12.0. The summed E-state index contributed by atoms with van der Waals surface area (Å²) in [6, 6.07) is 6.76. The molecule has 0 aliphatic rings. The number of hydrogen-bond donors (Lipinski definition) is 1. The Kier molecular flexibility index (Phi) is 5.52. The Morgan fingerprint density at radius 1 is 1.25 bits per heavy atom. The number of rotatable bonds is 6. The van der Waals surface area contributed by atoms with E-state index in [4.69, 9.17) is 9.88 Å². The molecule has 0 bridgehead atoms. The molecule has 2 N–H and O–H groups in total. The van der Waals surface area contributed by atoms with Crippen molar-refractivity contribution in [2.45, 2.75) is 23.8 Å². The second-order valence-corrected chi connectivity index (χ2v) is 7.39. The largest absolute Gasteiger partial charge is 0.454 e. The lowest BCUT2D eigenvalue weighted by molar-refractivity contribution is -0.0498. The van der Waals surface area contributed by atoms with Crippen LogP contribution in [0, 0.1) is 0 Å². The van der Waals surface area contributed by atoms with E-state index in [1.54, 1.807) is 6.92 Å². The summed E-state index contributed by atoms with van der Waals surface area (Å²) in [5, 5.41) is 6.30. The summed E-state index contributed by atoms with van der Waals surface area (Å²) in [5.41, 5.74) is 0.625. The maximum atomic E-state index is 12.1. The van der Waals surface area contributed by atoms with E-state index < -0.39 is 28.7 Å². The van der Waals surface area contributed by atoms with Crippen LogP contribution in [0.4, 0.5) is 8.78 Å². The highest BCUT2D eigenvalue weighted by molar-refractivity contribution is 7.91. The second kappa shape index (κ2) is 7.24. The number of sulfonamides is 1. The average Bonchev–Trinajstić information content (AvgIpc) is 2.97. The van der Waals surface area contributed by atoms with E-state index in [-0.39, 0.29) is 15.5 Å². The highest BCUT2D eigenvalue weighted by Gasteiger charge is 2.19. The zero-order valence-corrected chi connectivity index (χ0v) is 13.9. The zero-order valence-electron chi connectivity index (χ0n) is 12.3. The maximum Gasteiger partial charge on any atom is 0.387 e. The van der Waals surface area contributed by atoms with Gasteiger partial charge in [0.15, 0.2) is 0 Å². The Morgan fingerprint density at radius 3 is 2.38 bits per heavy atom. The average molecular weight is 377 g/mol. The Labute approximate surface area is 140 Å². The smallest absolute Gasteiger partial charge is 0.387 e. The van der Waals surface area contributed by atoms with Gasteiger partial charge in [-0.15, -0.1) is 11.3 Å². The van der Waals surface area contributed by atoms with Crippen molar-refractivity contribution in [3.8, 4) is 5.75 Å². The quantitative estimate of drug-likeness (QED) is 0.781. The van der Waals surface area contributed by atoms with Crippen LogP contribution in [0.3, 0.4) is 0 Å². The van der Waals surface area contributed by atoms with Crippen LogP contribution in [0.2, 0.25) is 0 Å². The van der Waals surface area contributed by atoms with Crippen LogP contribution in [-0.2, 0) is 14.8 Å². The molecule has 0 amide bonds. The molecule has 0 fully saturated rings. The number of thiophene rings is 1. The number of halogens is 2. The molecule has 0 spiro atoms. The minimum atomic E-state index is -3.88. The molecule has 2 rings (SSSR count). The van der Waals surface area contributed by atoms with Gasteiger partial charge in [0, 0.05) is 5.38 Å². The number of benzene rings is 1. The van der Waals surface area contributed by atoms with Gasteiger partial charge in [-0.2, -0.15) is 8.78 Å². The van der Waals surface area contributed by atoms with Crippen LogP contribution in [0.15, 0.2) is 39.9 Å². The second-order valence-electron chi connectivity index (χ2n) is 4.69. The van der Waals surface area contributed by atoms with Crippen molar-refractivity contribution >= 4 is 27.3 Å². The lowest BCUT2D eigenvalue weighted by Gasteiger charge is -2.13. The minimum absolute atomic E-state index is 0.0112. The van der Waals surface area contributed by atoms with Crippen LogP contribution in [0.25, 0.3) is 0 Å². The van der Waals surface area contributed by atoms with Crippen LogP contribution < -0.4 is 9.88 Å². The standard InChI is InChI=1S/C14H13F2NO5S2/c1-8(9-2-4-11(5-3-9)22-14(15)16)21-13(18)10-6-12(23-7-10)24(17,19)20/h2-8,14H,1H3,(H2,17,19,20). The third-order valence-corrected chi connectivity index (χ3v) is 5.34. The first-order chi connectivity index (χ1) is 11.2. The fraction of sp³-hybridized carbons (Fsp3) is 0.214. The van der Waals surface area contributed by atoms with Gasteiger partial charge in [0.25, 0.3) is 0 Å². The first kappa shape index (κ1) is 18.3. The van der Waals surface area contributed by atoms with Gasteiger partial charge in [-0.05, 0) is 30.7 Å². The summed E-state index contributed by atoms with van der Waals surface area (Å²) in [6.45, 7) is -1.33. The van der Waals surface area contributed by atoms with Gasteiger partial charge < -0.3 is 9.47 Å². The third kappa shape index (κ3) is 4.73. The van der Waals surface area contributed by atoms with Gasteiger partial charge in [-0.25, -0.2) is 18.4 Å². The molecule has 0 saturated carbocycles. The summed E-state index contributed by atoms with van der Waals surface area (Å²) < 4.78 is 55.8. The molecule has 0 aliphatic carbocycles. The third-order valence-electron chi connectivity index (χ3n) is 2.95. The summed E-state index contributed by atoms with van der Waals surface area (Å²) in [5.74, 6) is -0.732. The van der Waals surface area contributed by atoms with E-state index in [0.717, 1.165) is 17.4 Å². The fourth-order valence-corrected chi connectivity index (χ4v) is 3.36. The highest BCUT2D eigenvalue weighted by atomic mass is 32.2. The summed E-state index contributed by atoms with van der Waals surface area (Å²) in [6.07, 6.45) is -0.670. The van der Waals surface area contributed by atoms with Gasteiger partial charge >= 0.3 is 12.6 Å². The van der Waals surface area contributed by atoms with E-state index in [0.29, 0.717) is 5.56 Å². The van der Waals surface area contributed by atoms with Crippen LogP contribution >= 0.6 is 11.3 Å². The van der Waals surface area contributed by atoms with Crippen molar-refractivity contribution in [3.63, 3.8) is 0 Å². The number of carbonyl (C=O) groups excluding carboxylic acids is 1. The van der Waals surface area contributed by atoms with E-state index in [1.807, 2.05) is 0 Å². The first-order valence-corrected chi connectivity index (χ1v) is 8.96. The lowest BCUT2D eigenvalue weighted by Crippen LogP contribution is -2.11. The molecular formula is C14H13F2NO5S2. The molecule has 0 radical (unpaired) electrons. The SMILES string of the molecule is CC(OC(=O)c1csc(S(N)(=O)=O)c1)c1ccc(OC(F)F)cc1. The molecule has 2 aromatic rings. The number of esters is 1. The number of nitrogens with two attached hydrogens (primary N) is 1. The first-order valence-electron chi connectivity index (χ1n) is 6.54. The Balaban J connectivity index is 2.04. The molecule has 1 unspecified atom stereocenters. The maximum absolute atomic E-state index is 12.1. The predicted octanol–water partition coefficient (Wildman–Crippen LogP) is 2.91. The lowest BCUT2D eigenvalue weighted by atomic mass is 10.1. The molecular weight excluding hydrogens is 364 g/mol. The monoisotopic (exact) mass is 377 g/mol. The number of alkyl halides is 2. The molecule has 1 heterocycles. The number of primary sulfonamides is 1. The Bertz CT molecular complexity index is 818. The van der Waals surface area contributed by atoms with Gasteiger partial charge in [0.1, 0.15) is 16.1 Å². The van der Waals surface area contributed by atoms with Crippen molar-refractivity contribution < 1.29 is 31.5 Å². The van der Waals surface area contributed by atoms with Gasteiger partial charge in [0.2, 0.25) is 10.0 Å². The zero-order chi connectivity index (χ0) is 17.9. The molecule has 6 nitrogen and oxygen atoms in total. The number of carbonyl (C=O) groups is 1. The Morgan fingerprint density at radius 2 is 1.88 bits per heavy atom. The van der Waals surface area contributed by atoms with Gasteiger partial charge in [-0.3, -0.25) is 0 Å². The van der Waals surface area contributed by atoms with Crippen molar-refractivity contribution in [3.05, 3.63) is 46.8 Å². The van der Waals surface area contributed by atoms with Crippen molar-refractivity contribution in [1.29, 1.82) is 0 Å². The van der Waals surface area contributed by atoms with Crippen LogP contribution in [0.1, 0.15) is 28.9 Å². The van der Waals surface area contributed by atoms with Crippen LogP contribution in [-0.4, -0.2) is 21.0 Å². The fourth-order valence-electron chi connectivity index (χ4n) is 1.79. The molecule has 1 aromatic heterocycles. The minimum Gasteiger partial charge on any atom is -0.454 e. The molecule has 130 valence electrons. The summed E-state index contributed by atoms with van der Waals surface area (Å²) in [7, 11) is -3.88. The van der Waals surface area contributed by atoms with Crippen LogP contribution in [0.5, 0.6) is 5.75 Å². The molecule has 1 atom stereocenters.